The van der Waals surface area contributed by atoms with Crippen LogP contribution in [0.5, 0.6) is 0 Å². The van der Waals surface area contributed by atoms with Crippen LogP contribution in [0.15, 0.2) is 12.1 Å². The van der Waals surface area contributed by atoms with Crippen LogP contribution < -0.4 is 5.73 Å². The maximum absolute atomic E-state index is 10.6. The third kappa shape index (κ3) is 1.08. The lowest BCUT2D eigenvalue weighted by atomic mass is 10.2. The number of rotatable bonds is 1. The Morgan fingerprint density at radius 1 is 1.57 bits per heavy atom. The number of nitro groups is 1. The number of anilines is 1. The minimum absolute atomic E-state index is 0.0291. The number of aromatic amines is 1. The van der Waals surface area contributed by atoms with E-state index in [0.29, 0.717) is 22.5 Å². The lowest BCUT2D eigenvalue weighted by Crippen LogP contribution is -1.92. The summed E-state index contributed by atoms with van der Waals surface area (Å²) in [4.78, 5) is 17.1. The molecule has 1 heterocycles. The summed E-state index contributed by atoms with van der Waals surface area (Å²) in [5.41, 5.74) is 6.92. The molecule has 0 bridgehead atoms. The first-order chi connectivity index (χ1) is 6.59. The zero-order valence-corrected chi connectivity index (χ0v) is 7.44. The SMILES string of the molecule is Cc1nc2c([N+](=O)[O-])ccc(N)c2[nH]1. The van der Waals surface area contributed by atoms with Crippen LogP contribution >= 0.6 is 0 Å². The van der Waals surface area contributed by atoms with Gasteiger partial charge in [-0.2, -0.15) is 0 Å². The summed E-state index contributed by atoms with van der Waals surface area (Å²) in [6.07, 6.45) is 0. The van der Waals surface area contributed by atoms with Gasteiger partial charge in [-0.25, -0.2) is 4.98 Å². The fourth-order valence-electron chi connectivity index (χ4n) is 1.36. The highest BCUT2D eigenvalue weighted by atomic mass is 16.6. The summed E-state index contributed by atoms with van der Waals surface area (Å²) >= 11 is 0. The first-order valence-electron chi connectivity index (χ1n) is 3.99. The molecule has 0 saturated carbocycles. The zero-order chi connectivity index (χ0) is 10.3. The lowest BCUT2D eigenvalue weighted by Gasteiger charge is -1.95. The molecule has 0 saturated heterocycles. The zero-order valence-electron chi connectivity index (χ0n) is 7.44. The monoisotopic (exact) mass is 192 g/mol. The van der Waals surface area contributed by atoms with Crippen molar-refractivity contribution in [3.8, 4) is 0 Å². The molecule has 2 rings (SSSR count). The standard InChI is InChI=1S/C8H8N4O2/c1-4-10-7-5(9)2-3-6(12(13)14)8(7)11-4/h2-3H,9H2,1H3,(H,10,11). The Hall–Kier alpha value is -2.11. The Morgan fingerprint density at radius 3 is 2.93 bits per heavy atom. The van der Waals surface area contributed by atoms with E-state index in [1.807, 2.05) is 0 Å². The molecule has 0 fully saturated rings. The molecule has 2 aromatic rings. The molecule has 14 heavy (non-hydrogen) atoms. The van der Waals surface area contributed by atoms with Crippen molar-refractivity contribution in [1.82, 2.24) is 9.97 Å². The molecule has 0 spiro atoms. The molecule has 3 N–H and O–H groups in total. The first-order valence-corrected chi connectivity index (χ1v) is 3.99. The summed E-state index contributed by atoms with van der Waals surface area (Å²) < 4.78 is 0. The number of hydrogen-bond acceptors (Lipinski definition) is 4. The van der Waals surface area contributed by atoms with E-state index in [-0.39, 0.29) is 5.69 Å². The number of fused-ring (bicyclic) bond motifs is 1. The number of imidazole rings is 1. The van der Waals surface area contributed by atoms with E-state index in [4.69, 9.17) is 5.73 Å². The van der Waals surface area contributed by atoms with Crippen LogP contribution in [0.1, 0.15) is 5.82 Å². The summed E-state index contributed by atoms with van der Waals surface area (Å²) in [5.74, 6) is 0.612. The number of nitrogen functional groups attached to an aromatic ring is 1. The minimum Gasteiger partial charge on any atom is -0.397 e. The molecule has 0 aliphatic rings. The highest BCUT2D eigenvalue weighted by Crippen LogP contribution is 2.27. The van der Waals surface area contributed by atoms with Gasteiger partial charge in [0.2, 0.25) is 0 Å². The molecule has 0 atom stereocenters. The maximum Gasteiger partial charge on any atom is 0.297 e. The second-order valence-corrected chi connectivity index (χ2v) is 2.98. The van der Waals surface area contributed by atoms with Crippen LogP contribution in [0.3, 0.4) is 0 Å². The van der Waals surface area contributed by atoms with Gasteiger partial charge in [0.1, 0.15) is 5.82 Å². The predicted molar refractivity (Wildman–Crippen MR) is 51.9 cm³/mol. The number of nitrogens with one attached hydrogen (secondary N) is 1. The quantitative estimate of drug-likeness (QED) is 0.405. The number of aryl methyl sites for hydroxylation is 1. The molecule has 6 heteroatoms. The van der Waals surface area contributed by atoms with Gasteiger partial charge in [-0.15, -0.1) is 0 Å². The molecule has 72 valence electrons. The van der Waals surface area contributed by atoms with E-state index in [0.717, 1.165) is 0 Å². The van der Waals surface area contributed by atoms with Crippen molar-refractivity contribution in [2.45, 2.75) is 6.92 Å². The van der Waals surface area contributed by atoms with Crippen LogP contribution in [-0.2, 0) is 0 Å². The van der Waals surface area contributed by atoms with Crippen molar-refractivity contribution in [3.05, 3.63) is 28.1 Å². The summed E-state index contributed by atoms with van der Waals surface area (Å²) in [6, 6.07) is 2.86. The number of hydrogen-bond donors (Lipinski definition) is 2. The second-order valence-electron chi connectivity index (χ2n) is 2.98. The molecule has 1 aromatic carbocycles. The fourth-order valence-corrected chi connectivity index (χ4v) is 1.36. The Kier molecular flexibility index (Phi) is 1.63. The van der Waals surface area contributed by atoms with E-state index in [9.17, 15) is 10.1 Å². The largest absolute Gasteiger partial charge is 0.397 e. The van der Waals surface area contributed by atoms with E-state index in [2.05, 4.69) is 9.97 Å². The summed E-state index contributed by atoms with van der Waals surface area (Å²) in [5, 5.41) is 10.6. The number of nitro benzene ring substituents is 1. The predicted octanol–water partition coefficient (Wildman–Crippen LogP) is 1.36. The highest BCUT2D eigenvalue weighted by Gasteiger charge is 2.16. The van der Waals surface area contributed by atoms with Crippen LogP contribution in [0.4, 0.5) is 11.4 Å². The molecule has 0 unspecified atom stereocenters. The highest BCUT2D eigenvalue weighted by molar-refractivity contribution is 5.93. The van der Waals surface area contributed by atoms with Gasteiger partial charge in [0, 0.05) is 6.07 Å². The van der Waals surface area contributed by atoms with Crippen molar-refractivity contribution < 1.29 is 4.92 Å². The third-order valence-corrected chi connectivity index (χ3v) is 1.97. The molecule has 0 aliphatic carbocycles. The Balaban J connectivity index is 2.87. The number of aromatic nitrogens is 2. The maximum atomic E-state index is 10.6. The molecular weight excluding hydrogens is 184 g/mol. The van der Waals surface area contributed by atoms with Crippen LogP contribution in [-0.4, -0.2) is 14.9 Å². The van der Waals surface area contributed by atoms with Crippen LogP contribution in [0, 0.1) is 17.0 Å². The lowest BCUT2D eigenvalue weighted by molar-refractivity contribution is -0.383. The number of benzene rings is 1. The summed E-state index contributed by atoms with van der Waals surface area (Å²) in [7, 11) is 0. The Labute approximate surface area is 78.9 Å². The molecule has 6 nitrogen and oxygen atoms in total. The second kappa shape index (κ2) is 2.69. The molecule has 0 amide bonds. The van der Waals surface area contributed by atoms with E-state index in [1.165, 1.54) is 12.1 Å². The van der Waals surface area contributed by atoms with E-state index in [1.54, 1.807) is 6.92 Å². The molecule has 1 aromatic heterocycles. The number of nitrogens with zero attached hydrogens (tertiary/aromatic N) is 2. The topological polar surface area (TPSA) is 97.8 Å². The van der Waals surface area contributed by atoms with Gasteiger partial charge in [-0.05, 0) is 13.0 Å². The molecule has 0 aliphatic heterocycles. The van der Waals surface area contributed by atoms with Crippen molar-refractivity contribution >= 4 is 22.4 Å². The fraction of sp³-hybridized carbons (Fsp3) is 0.125. The van der Waals surface area contributed by atoms with Gasteiger partial charge in [0.25, 0.3) is 5.69 Å². The average molecular weight is 192 g/mol. The van der Waals surface area contributed by atoms with Gasteiger partial charge in [-0.1, -0.05) is 0 Å². The third-order valence-electron chi connectivity index (χ3n) is 1.97. The molecular formula is C8H8N4O2. The summed E-state index contributed by atoms with van der Waals surface area (Å²) in [6.45, 7) is 1.73. The number of nitrogens with two attached hydrogens (primary N) is 1. The van der Waals surface area contributed by atoms with Gasteiger partial charge in [-0.3, -0.25) is 10.1 Å². The number of H-pyrrole nitrogens is 1. The van der Waals surface area contributed by atoms with Gasteiger partial charge in [0.15, 0.2) is 5.52 Å². The van der Waals surface area contributed by atoms with Crippen LogP contribution in [0.2, 0.25) is 0 Å². The minimum atomic E-state index is -0.470. The van der Waals surface area contributed by atoms with E-state index >= 15 is 0 Å². The smallest absolute Gasteiger partial charge is 0.297 e. The van der Waals surface area contributed by atoms with Crippen molar-refractivity contribution in [1.29, 1.82) is 0 Å². The van der Waals surface area contributed by atoms with Gasteiger partial charge < -0.3 is 10.7 Å². The van der Waals surface area contributed by atoms with Gasteiger partial charge in [0.05, 0.1) is 16.1 Å². The van der Waals surface area contributed by atoms with Gasteiger partial charge >= 0.3 is 0 Å². The van der Waals surface area contributed by atoms with Crippen molar-refractivity contribution in [2.75, 3.05) is 5.73 Å². The normalized spacial score (nSPS) is 10.6. The Morgan fingerprint density at radius 2 is 2.29 bits per heavy atom. The van der Waals surface area contributed by atoms with E-state index < -0.39 is 4.92 Å². The van der Waals surface area contributed by atoms with Crippen LogP contribution in [0.25, 0.3) is 11.0 Å². The Bertz CT molecular complexity index is 517. The molecule has 0 radical (unpaired) electrons. The first kappa shape index (κ1) is 8.49. The number of non-ortho nitro benzene ring substituents is 1. The van der Waals surface area contributed by atoms with Crippen molar-refractivity contribution in [2.24, 2.45) is 0 Å². The van der Waals surface area contributed by atoms with Crippen molar-refractivity contribution in [3.63, 3.8) is 0 Å². The average Bonchev–Trinajstić information content (AvgIpc) is 2.47.